The van der Waals surface area contributed by atoms with Gasteiger partial charge in [0.2, 0.25) is 65.0 Å². The Balaban J connectivity index is 3.01. The number of carbonyl (C=O) groups is 11. The minimum atomic E-state index is -1.67. The van der Waals surface area contributed by atoms with Crippen LogP contribution < -0.4 is 27.0 Å². The van der Waals surface area contributed by atoms with Crippen molar-refractivity contribution in [2.75, 3.05) is 61.6 Å². The largest absolute Gasteiger partial charge is 0.399 e. The van der Waals surface area contributed by atoms with Crippen LogP contribution in [0.15, 0.2) is 30.3 Å². The monoisotopic (exact) mass is 1290 g/mol. The second-order valence-corrected chi connectivity index (χ2v) is 28.0. The first-order valence-electron chi connectivity index (χ1n) is 32.8. The number of nitrogens with zero attached hydrogens (tertiary/aromatic N) is 7. The maximum absolute atomic E-state index is 15.4. The van der Waals surface area contributed by atoms with Crippen molar-refractivity contribution in [2.24, 2.45) is 41.4 Å². The summed E-state index contributed by atoms with van der Waals surface area (Å²) in [7, 11) is 9.91. The van der Waals surface area contributed by atoms with Gasteiger partial charge in [-0.15, -0.1) is 0 Å². The van der Waals surface area contributed by atoms with Gasteiger partial charge in [0.15, 0.2) is 0 Å². The fourth-order valence-corrected chi connectivity index (χ4v) is 11.6. The predicted molar refractivity (Wildman–Crippen MR) is 358 cm³/mol. The van der Waals surface area contributed by atoms with Crippen LogP contribution in [0.3, 0.4) is 0 Å². The first-order valence-corrected chi connectivity index (χ1v) is 32.8. The van der Waals surface area contributed by atoms with Gasteiger partial charge in [0.25, 0.3) is 0 Å². The van der Waals surface area contributed by atoms with Crippen LogP contribution in [0.2, 0.25) is 0 Å². The fourth-order valence-electron chi connectivity index (χ4n) is 11.6. The van der Waals surface area contributed by atoms with Crippen molar-refractivity contribution in [2.45, 2.75) is 223 Å². The highest BCUT2D eigenvalue weighted by Gasteiger charge is 2.46. The molecule has 1 aliphatic rings. The van der Waals surface area contributed by atoms with Gasteiger partial charge in [-0.25, -0.2) is 0 Å². The van der Waals surface area contributed by atoms with E-state index < -0.39 is 156 Å². The summed E-state index contributed by atoms with van der Waals surface area (Å²) >= 11 is 0. The van der Waals surface area contributed by atoms with Crippen molar-refractivity contribution in [1.29, 1.82) is 0 Å². The predicted octanol–water partition coefficient (Wildman–Crippen LogP) is 4.38. The summed E-state index contributed by atoms with van der Waals surface area (Å²) in [6.45, 7) is 29.4. The Kier molecular flexibility index (Phi) is 32.0. The quantitative estimate of drug-likeness (QED) is 0.125. The number of nitrogens with two attached hydrogens (primary N) is 1. The number of likely N-dealkylation sites (N-methyl/N-ethyl adjacent to an activating group) is 7. The number of aliphatic hydroxyl groups is 1. The highest BCUT2D eigenvalue weighted by molar-refractivity contribution is 5.99. The summed E-state index contributed by atoms with van der Waals surface area (Å²) in [6, 6.07) is -5.32. The van der Waals surface area contributed by atoms with E-state index in [4.69, 9.17) is 5.73 Å². The summed E-state index contributed by atoms with van der Waals surface area (Å²) < 4.78 is 0. The van der Waals surface area contributed by atoms with Crippen molar-refractivity contribution >= 4 is 76.2 Å². The van der Waals surface area contributed by atoms with Crippen LogP contribution in [0.25, 0.3) is 5.57 Å². The molecule has 0 saturated carbocycles. The summed E-state index contributed by atoms with van der Waals surface area (Å²) in [5.41, 5.74) is 8.26. The molecule has 1 fully saturated rings. The van der Waals surface area contributed by atoms with Crippen molar-refractivity contribution in [3.05, 3.63) is 35.9 Å². The molecule has 0 spiro atoms. The van der Waals surface area contributed by atoms with Gasteiger partial charge < -0.3 is 66.4 Å². The van der Waals surface area contributed by atoms with Crippen LogP contribution in [0.4, 0.5) is 5.69 Å². The van der Waals surface area contributed by atoms with E-state index in [1.54, 1.807) is 53.7 Å². The average molecular weight is 1290 g/mol. The lowest BCUT2D eigenvalue weighted by Crippen LogP contribution is -2.63. The summed E-state index contributed by atoms with van der Waals surface area (Å²) in [4.78, 5) is 170. The third-order valence-corrected chi connectivity index (χ3v) is 17.5. The molecule has 7 N–H and O–H groups in total. The maximum atomic E-state index is 15.4. The van der Waals surface area contributed by atoms with Gasteiger partial charge in [0.1, 0.15) is 60.4 Å². The number of anilines is 1. The number of hydrogen-bond donors (Lipinski definition) is 6. The van der Waals surface area contributed by atoms with E-state index in [2.05, 4.69) is 21.3 Å². The molecule has 92 heavy (non-hydrogen) atoms. The number of aliphatic hydroxyl groups excluding tert-OH is 1. The van der Waals surface area contributed by atoms with E-state index in [0.29, 0.717) is 5.69 Å². The smallest absolute Gasteiger partial charge is 0.246 e. The maximum Gasteiger partial charge on any atom is 0.246 e. The summed E-state index contributed by atoms with van der Waals surface area (Å²) in [5, 5.41) is 23.5. The molecule has 2 rings (SSSR count). The Labute approximate surface area is 549 Å². The zero-order valence-electron chi connectivity index (χ0n) is 59.9. The molecule has 24 nitrogen and oxygen atoms in total. The first kappa shape index (κ1) is 81.0. The zero-order chi connectivity index (χ0) is 70.8. The van der Waals surface area contributed by atoms with Gasteiger partial charge in [-0.1, -0.05) is 115 Å². The number of benzene rings is 1. The number of nitrogens with one attached hydrogen (secondary N) is 4. The molecule has 1 aromatic carbocycles. The Morgan fingerprint density at radius 3 is 1.39 bits per heavy atom. The van der Waals surface area contributed by atoms with E-state index in [1.807, 2.05) is 80.5 Å². The Morgan fingerprint density at radius 2 is 0.924 bits per heavy atom. The fraction of sp³-hybridized carbons (Fsp3) is 0.721. The molecular weight excluding hydrogens is 1180 g/mol. The topological polar surface area (TPSA) is 305 Å². The summed E-state index contributed by atoms with van der Waals surface area (Å²) in [5.74, 6) is -10.0. The van der Waals surface area contributed by atoms with Gasteiger partial charge in [-0.3, -0.25) is 52.7 Å². The van der Waals surface area contributed by atoms with Crippen LogP contribution >= 0.6 is 0 Å². The lowest BCUT2D eigenvalue weighted by molar-refractivity contribution is -0.157. The van der Waals surface area contributed by atoms with Crippen LogP contribution in [0.1, 0.15) is 162 Å². The lowest BCUT2D eigenvalue weighted by Gasteiger charge is -2.41. The molecule has 1 heterocycles. The number of nitrogen functional groups attached to an aromatic ring is 1. The number of hydrogen-bond acceptors (Lipinski definition) is 13. The van der Waals surface area contributed by atoms with Gasteiger partial charge in [-0.05, 0) is 124 Å². The van der Waals surface area contributed by atoms with Gasteiger partial charge in [0, 0.05) is 55.0 Å². The van der Waals surface area contributed by atoms with Crippen LogP contribution in [0.5, 0.6) is 0 Å². The second-order valence-electron chi connectivity index (χ2n) is 28.0. The minimum Gasteiger partial charge on any atom is -0.399 e. The van der Waals surface area contributed by atoms with Gasteiger partial charge >= 0.3 is 0 Å². The van der Waals surface area contributed by atoms with E-state index in [0.717, 1.165) is 20.9 Å². The third-order valence-electron chi connectivity index (χ3n) is 17.5. The minimum absolute atomic E-state index is 0.00000390. The van der Waals surface area contributed by atoms with E-state index in [1.165, 1.54) is 87.7 Å². The molecule has 1 aliphatic heterocycles. The normalized spacial score (nSPS) is 25.8. The van der Waals surface area contributed by atoms with E-state index in [-0.39, 0.29) is 62.2 Å². The second kappa shape index (κ2) is 36.4. The number of carbonyl (C=O) groups excluding carboxylic acids is 11. The lowest BCUT2D eigenvalue weighted by atomic mass is 9.90. The van der Waals surface area contributed by atoms with Crippen molar-refractivity contribution in [1.82, 2.24) is 55.6 Å². The van der Waals surface area contributed by atoms with Crippen LogP contribution in [-0.4, -0.2) is 227 Å². The Morgan fingerprint density at radius 1 is 0.500 bits per heavy atom. The van der Waals surface area contributed by atoms with Crippen molar-refractivity contribution < 1.29 is 57.8 Å². The zero-order valence-corrected chi connectivity index (χ0v) is 59.9. The highest BCUT2D eigenvalue weighted by Crippen LogP contribution is 2.27. The van der Waals surface area contributed by atoms with E-state index in [9.17, 15) is 38.7 Å². The van der Waals surface area contributed by atoms with Crippen LogP contribution in [-0.2, 0) is 52.7 Å². The molecule has 24 heteroatoms. The number of amides is 11. The average Bonchev–Trinajstić information content (AvgIpc) is 0.816. The third kappa shape index (κ3) is 22.3. The van der Waals surface area contributed by atoms with Gasteiger partial charge in [0.05, 0.1) is 12.6 Å². The van der Waals surface area contributed by atoms with Crippen molar-refractivity contribution in [3.63, 3.8) is 0 Å². The Hall–Kier alpha value is -7.11. The molecule has 12 atom stereocenters. The molecule has 1 aromatic rings. The van der Waals surface area contributed by atoms with E-state index >= 15 is 19.2 Å². The molecule has 0 radical (unpaired) electrons. The Bertz CT molecular complexity index is 2730. The SMILES string of the molecule is CC[C@@H]1NC(=O)C([C@H](O)[C@H](C)C/C=C(/C)c2ccc(N)cc2)N(C)C(=O)C(C(C)C)N(C)C(=O)[C@H](CC(C)C)N(C)C(=O)[C@H](CC(C)C)N(C)C(=O)[C@H](C)NC(=O)[C@H](C)NC(=O)[C@H](CC(C)C)N(C)C(=O)[C@H](C(C)C)NC(=O)[C@H](CC(C)C)N(C)C(=O)CN(C)C1=O. The first-order chi connectivity index (χ1) is 42.5. The summed E-state index contributed by atoms with van der Waals surface area (Å²) in [6.07, 6.45) is 1.12. The molecular formula is C68H116N12O12. The standard InChI is InChI=1S/C68H116N12O12/c1-25-49-64(88)74(18)36-54(81)75(19)50(32-37(2)3)61(85)73-55(41(10)11)67(91)76(20)51(33-38(4)5)60(84)70-45(16)59(83)71-46(17)63(87)77(21)52(34-39(6)7)65(89)78(22)53(35-40(8)9)66(90)79(23)56(42(12)13)68(92)80(24)57(62(86)72-49)58(82)44(15)27-26-43(14)47-28-30-48(69)31-29-47/h26,28-31,37-42,44-46,49-53,55-58,82H,25,27,32-36,69H2,1-24H3,(H,70,84)(H,71,83)(H,72,86)(H,73,85)/b43-26-/t44-,45+,46+,49+,50+,51+,52+,53+,55+,56?,57?,58-/m1/s1. The molecule has 520 valence electrons. The molecule has 2 unspecified atom stereocenters. The molecule has 0 aromatic heterocycles. The van der Waals surface area contributed by atoms with Crippen LogP contribution in [0, 0.1) is 41.4 Å². The van der Waals surface area contributed by atoms with Crippen molar-refractivity contribution in [3.8, 4) is 0 Å². The molecule has 0 aliphatic carbocycles. The highest BCUT2D eigenvalue weighted by atomic mass is 16.3. The number of rotatable bonds is 16. The molecule has 0 bridgehead atoms. The molecule has 1 saturated heterocycles. The van der Waals surface area contributed by atoms with Gasteiger partial charge in [-0.2, -0.15) is 0 Å². The number of allylic oxidation sites excluding steroid dienone is 2. The molecule has 11 amide bonds.